The summed E-state index contributed by atoms with van der Waals surface area (Å²) in [4.78, 5) is 16.9. The summed E-state index contributed by atoms with van der Waals surface area (Å²) in [6.45, 7) is 3.27. The molecule has 1 aromatic heterocycles. The summed E-state index contributed by atoms with van der Waals surface area (Å²) in [6, 6.07) is 14.8. The minimum atomic E-state index is -4.00. The zero-order valence-electron chi connectivity index (χ0n) is 15.9. The van der Waals surface area contributed by atoms with Crippen LogP contribution in [0.5, 0.6) is 0 Å². The van der Waals surface area contributed by atoms with Crippen molar-refractivity contribution in [3.8, 4) is 0 Å². The molecule has 0 aliphatic carbocycles. The van der Waals surface area contributed by atoms with Crippen molar-refractivity contribution in [2.45, 2.75) is 24.8 Å². The van der Waals surface area contributed by atoms with Crippen LogP contribution in [0.15, 0.2) is 71.8 Å². The molecule has 0 saturated heterocycles. The summed E-state index contributed by atoms with van der Waals surface area (Å²) in [6.07, 6.45) is 1.63. The number of benzene rings is 2. The number of aromatic nitrogens is 1. The molecule has 29 heavy (non-hydrogen) atoms. The number of carbonyl (C=O) groups is 1. The third-order valence-corrected chi connectivity index (χ3v) is 5.70. The van der Waals surface area contributed by atoms with Gasteiger partial charge >= 0.3 is 0 Å². The first-order valence-electron chi connectivity index (χ1n) is 8.88. The first-order valence-corrected chi connectivity index (χ1v) is 10.4. The summed E-state index contributed by atoms with van der Waals surface area (Å²) in [5, 5.41) is 2.81. The van der Waals surface area contributed by atoms with Crippen molar-refractivity contribution in [1.82, 2.24) is 10.3 Å². The lowest BCUT2D eigenvalue weighted by Gasteiger charge is -2.16. The molecule has 6 nitrogen and oxygen atoms in total. The Balaban J connectivity index is 1.85. The number of rotatable bonds is 6. The van der Waals surface area contributed by atoms with Gasteiger partial charge in [-0.3, -0.25) is 14.5 Å². The molecule has 0 fully saturated rings. The SMILES string of the molecule is Cc1cc(S(=O)(=O)Nc2ccccc2C(=O)NC(C)c2ccccn2)ccc1F. The maximum Gasteiger partial charge on any atom is 0.261 e. The second-order valence-electron chi connectivity index (χ2n) is 6.51. The van der Waals surface area contributed by atoms with Crippen molar-refractivity contribution in [3.63, 3.8) is 0 Å². The zero-order valence-corrected chi connectivity index (χ0v) is 16.7. The van der Waals surface area contributed by atoms with Crippen molar-refractivity contribution in [2.75, 3.05) is 4.72 Å². The average molecular weight is 413 g/mol. The lowest BCUT2D eigenvalue weighted by molar-refractivity contribution is 0.0940. The third-order valence-electron chi connectivity index (χ3n) is 4.33. The number of sulfonamides is 1. The van der Waals surface area contributed by atoms with Crippen molar-refractivity contribution < 1.29 is 17.6 Å². The molecule has 0 aliphatic rings. The lowest BCUT2D eigenvalue weighted by Crippen LogP contribution is -2.28. The fourth-order valence-corrected chi connectivity index (χ4v) is 3.90. The summed E-state index contributed by atoms with van der Waals surface area (Å²) in [7, 11) is -4.00. The van der Waals surface area contributed by atoms with Crippen LogP contribution in [0.3, 0.4) is 0 Å². The van der Waals surface area contributed by atoms with Gasteiger partial charge in [0.15, 0.2) is 0 Å². The van der Waals surface area contributed by atoms with Crippen LogP contribution in [0.1, 0.15) is 34.6 Å². The van der Waals surface area contributed by atoms with E-state index in [1.54, 1.807) is 37.4 Å². The number of halogens is 1. The van der Waals surface area contributed by atoms with Crippen LogP contribution in [-0.2, 0) is 10.0 Å². The van der Waals surface area contributed by atoms with Gasteiger partial charge in [0, 0.05) is 6.20 Å². The van der Waals surface area contributed by atoms with Crippen LogP contribution < -0.4 is 10.0 Å². The van der Waals surface area contributed by atoms with Crippen molar-refractivity contribution in [1.29, 1.82) is 0 Å². The summed E-state index contributed by atoms with van der Waals surface area (Å²) < 4.78 is 41.3. The van der Waals surface area contributed by atoms with E-state index in [4.69, 9.17) is 0 Å². The minimum Gasteiger partial charge on any atom is -0.344 e. The van der Waals surface area contributed by atoms with Gasteiger partial charge in [0.1, 0.15) is 5.82 Å². The smallest absolute Gasteiger partial charge is 0.261 e. The van der Waals surface area contributed by atoms with Crippen LogP contribution in [-0.4, -0.2) is 19.3 Å². The quantitative estimate of drug-likeness (QED) is 0.643. The van der Waals surface area contributed by atoms with Crippen molar-refractivity contribution >= 4 is 21.6 Å². The van der Waals surface area contributed by atoms with E-state index >= 15 is 0 Å². The standard InChI is InChI=1S/C21H20FN3O3S/c1-14-13-16(10-11-18(14)22)29(27,28)25-20-9-4-3-7-17(20)21(26)24-15(2)19-8-5-6-12-23-19/h3-13,15,25H,1-2H3,(H,24,26). The Labute approximate surface area is 168 Å². The Bertz CT molecular complexity index is 1130. The van der Waals surface area contributed by atoms with Crippen molar-refractivity contribution in [2.24, 2.45) is 0 Å². The van der Waals surface area contributed by atoms with Crippen LogP contribution in [0.2, 0.25) is 0 Å². The van der Waals surface area contributed by atoms with Crippen molar-refractivity contribution in [3.05, 3.63) is 89.5 Å². The highest BCUT2D eigenvalue weighted by atomic mass is 32.2. The number of carbonyl (C=O) groups excluding carboxylic acids is 1. The fraction of sp³-hybridized carbons (Fsp3) is 0.143. The number of nitrogens with one attached hydrogen (secondary N) is 2. The molecule has 2 N–H and O–H groups in total. The Hall–Kier alpha value is -3.26. The van der Waals surface area contributed by atoms with Gasteiger partial charge in [-0.05, 0) is 61.9 Å². The van der Waals surface area contributed by atoms with Crippen LogP contribution in [0.25, 0.3) is 0 Å². The number of pyridine rings is 1. The van der Waals surface area contributed by atoms with Gasteiger partial charge in [-0.15, -0.1) is 0 Å². The molecule has 1 heterocycles. The van der Waals surface area contributed by atoms with E-state index in [2.05, 4.69) is 15.0 Å². The molecule has 0 saturated carbocycles. The molecule has 1 unspecified atom stereocenters. The molecule has 8 heteroatoms. The molecule has 0 radical (unpaired) electrons. The van der Waals surface area contributed by atoms with E-state index in [9.17, 15) is 17.6 Å². The predicted octanol–water partition coefficient (Wildman–Crippen LogP) is 3.82. The van der Waals surface area contributed by atoms with Crippen LogP contribution in [0, 0.1) is 12.7 Å². The Kier molecular flexibility index (Phi) is 5.93. The van der Waals surface area contributed by atoms with Gasteiger partial charge in [-0.25, -0.2) is 12.8 Å². The number of hydrogen-bond acceptors (Lipinski definition) is 4. The van der Waals surface area contributed by atoms with E-state index in [1.165, 1.54) is 31.2 Å². The Morgan fingerprint density at radius 2 is 1.79 bits per heavy atom. The van der Waals surface area contributed by atoms with Crippen LogP contribution >= 0.6 is 0 Å². The van der Waals surface area contributed by atoms with E-state index in [-0.39, 0.29) is 27.8 Å². The molecule has 1 atom stereocenters. The van der Waals surface area contributed by atoms with Crippen LogP contribution in [0.4, 0.5) is 10.1 Å². The topological polar surface area (TPSA) is 88.2 Å². The van der Waals surface area contributed by atoms with E-state index in [0.717, 1.165) is 6.07 Å². The number of nitrogens with zero attached hydrogens (tertiary/aromatic N) is 1. The van der Waals surface area contributed by atoms with Gasteiger partial charge in [-0.1, -0.05) is 18.2 Å². The Morgan fingerprint density at radius 3 is 2.48 bits per heavy atom. The lowest BCUT2D eigenvalue weighted by atomic mass is 10.1. The van der Waals surface area contributed by atoms with Gasteiger partial charge in [0.25, 0.3) is 15.9 Å². The molecule has 1 amide bonds. The minimum absolute atomic E-state index is 0.0894. The maximum absolute atomic E-state index is 13.5. The highest BCUT2D eigenvalue weighted by molar-refractivity contribution is 7.92. The van der Waals surface area contributed by atoms with Gasteiger partial charge in [0.2, 0.25) is 0 Å². The molecular formula is C21H20FN3O3S. The van der Waals surface area contributed by atoms with E-state index in [0.29, 0.717) is 5.69 Å². The fourth-order valence-electron chi connectivity index (χ4n) is 2.74. The highest BCUT2D eigenvalue weighted by Gasteiger charge is 2.20. The first-order chi connectivity index (χ1) is 13.8. The molecule has 0 aliphatic heterocycles. The second-order valence-corrected chi connectivity index (χ2v) is 8.19. The summed E-state index contributed by atoms with van der Waals surface area (Å²) >= 11 is 0. The number of hydrogen-bond donors (Lipinski definition) is 2. The monoisotopic (exact) mass is 413 g/mol. The van der Waals surface area contributed by atoms with E-state index in [1.807, 2.05) is 6.07 Å². The largest absolute Gasteiger partial charge is 0.344 e. The number of aryl methyl sites for hydroxylation is 1. The van der Waals surface area contributed by atoms with Gasteiger partial charge < -0.3 is 5.32 Å². The molecular weight excluding hydrogens is 393 g/mol. The summed E-state index contributed by atoms with van der Waals surface area (Å²) in [5.74, 6) is -0.941. The second kappa shape index (κ2) is 8.40. The Morgan fingerprint density at radius 1 is 1.07 bits per heavy atom. The van der Waals surface area contributed by atoms with Gasteiger partial charge in [0.05, 0.1) is 27.9 Å². The summed E-state index contributed by atoms with van der Waals surface area (Å²) in [5.41, 5.74) is 1.18. The van der Waals surface area contributed by atoms with Gasteiger partial charge in [-0.2, -0.15) is 0 Å². The molecule has 2 aromatic carbocycles. The number of amides is 1. The maximum atomic E-state index is 13.5. The third kappa shape index (κ3) is 4.78. The highest BCUT2D eigenvalue weighted by Crippen LogP contribution is 2.22. The average Bonchev–Trinajstić information content (AvgIpc) is 2.70. The molecule has 150 valence electrons. The first kappa shape index (κ1) is 20.5. The molecule has 0 bridgehead atoms. The number of anilines is 1. The molecule has 3 aromatic rings. The number of para-hydroxylation sites is 1. The predicted molar refractivity (Wildman–Crippen MR) is 109 cm³/mol. The molecule has 3 rings (SSSR count). The zero-order chi connectivity index (χ0) is 21.0. The molecule has 0 spiro atoms. The normalized spacial score (nSPS) is 12.2. The van der Waals surface area contributed by atoms with E-state index < -0.39 is 21.7 Å².